The van der Waals surface area contributed by atoms with E-state index in [0.29, 0.717) is 11.8 Å². The molecule has 0 bridgehead atoms. The Kier molecular flexibility index (Phi) is 7.42. The molecule has 34 heavy (non-hydrogen) atoms. The van der Waals surface area contributed by atoms with Crippen LogP contribution in [0.2, 0.25) is 5.02 Å². The number of sulfonamides is 1. The number of aryl methyl sites for hydroxylation is 2. The topological polar surface area (TPSA) is 84.5 Å². The highest BCUT2D eigenvalue weighted by Crippen LogP contribution is 2.36. The van der Waals surface area contributed by atoms with E-state index in [1.54, 1.807) is 19.1 Å². The van der Waals surface area contributed by atoms with Crippen LogP contribution in [0, 0.1) is 13.8 Å². The highest BCUT2D eigenvalue weighted by Gasteiger charge is 2.34. The first-order chi connectivity index (χ1) is 15.8. The summed E-state index contributed by atoms with van der Waals surface area (Å²) >= 11 is 5.62. The zero-order chi connectivity index (χ0) is 25.1. The first-order valence-corrected chi connectivity index (χ1v) is 11.7. The molecule has 0 aliphatic rings. The first kappa shape index (κ1) is 25.4. The third kappa shape index (κ3) is 6.42. The van der Waals surface area contributed by atoms with Crippen molar-refractivity contribution in [2.75, 3.05) is 16.6 Å². The molecule has 3 rings (SSSR count). The maximum atomic E-state index is 13.1. The number of halogens is 4. The number of nitrogens with one attached hydrogen (secondary N) is 2. The summed E-state index contributed by atoms with van der Waals surface area (Å²) in [6, 6.07) is 13.6. The van der Waals surface area contributed by atoms with Gasteiger partial charge >= 0.3 is 6.18 Å². The quantitative estimate of drug-likeness (QED) is 0.419. The van der Waals surface area contributed by atoms with Crippen LogP contribution in [0.5, 0.6) is 5.75 Å². The molecule has 0 aromatic heterocycles. The van der Waals surface area contributed by atoms with Crippen molar-refractivity contribution in [1.29, 1.82) is 0 Å². The summed E-state index contributed by atoms with van der Waals surface area (Å²) in [6.45, 7) is 3.03. The number of carbonyl (C=O) groups is 1. The molecular formula is C23H20ClF3N2O4S. The van der Waals surface area contributed by atoms with Gasteiger partial charge in [-0.2, -0.15) is 13.2 Å². The smallest absolute Gasteiger partial charge is 0.418 e. The average molecular weight is 513 g/mol. The maximum absolute atomic E-state index is 13.1. The van der Waals surface area contributed by atoms with Crippen molar-refractivity contribution in [3.63, 3.8) is 0 Å². The van der Waals surface area contributed by atoms with Gasteiger partial charge in [0, 0.05) is 5.02 Å². The molecule has 0 radical (unpaired) electrons. The molecule has 0 fully saturated rings. The standard InChI is InChI=1S/C23H20ClF3N2O4S/c1-14-3-4-15(2)21(11-14)29-34(31,32)18-8-6-17(7-9-18)33-13-22(30)28-20-10-5-16(24)12-19(20)23(25,26)27/h3-12,29H,13H2,1-2H3,(H,28,30). The number of hydrogen-bond acceptors (Lipinski definition) is 4. The van der Waals surface area contributed by atoms with E-state index in [2.05, 4.69) is 10.0 Å². The van der Waals surface area contributed by atoms with Gasteiger partial charge in [0.15, 0.2) is 6.61 Å². The summed E-state index contributed by atoms with van der Waals surface area (Å²) in [5.74, 6) is -0.672. The van der Waals surface area contributed by atoms with E-state index in [1.165, 1.54) is 30.3 Å². The Morgan fingerprint density at radius 2 is 1.65 bits per heavy atom. The Hall–Kier alpha value is -3.24. The van der Waals surface area contributed by atoms with E-state index in [4.69, 9.17) is 16.3 Å². The van der Waals surface area contributed by atoms with Gasteiger partial charge < -0.3 is 10.1 Å². The van der Waals surface area contributed by atoms with Gasteiger partial charge in [-0.3, -0.25) is 9.52 Å². The molecule has 3 aromatic rings. The summed E-state index contributed by atoms with van der Waals surface area (Å²) in [7, 11) is -3.87. The predicted molar refractivity (Wildman–Crippen MR) is 124 cm³/mol. The molecule has 0 unspecified atom stereocenters. The molecule has 0 aliphatic carbocycles. The minimum absolute atomic E-state index is 0.0267. The van der Waals surface area contributed by atoms with Gasteiger partial charge in [-0.1, -0.05) is 23.7 Å². The maximum Gasteiger partial charge on any atom is 0.418 e. The number of carbonyl (C=O) groups excluding carboxylic acids is 1. The fourth-order valence-electron chi connectivity index (χ4n) is 2.96. The number of ether oxygens (including phenoxy) is 1. The van der Waals surface area contributed by atoms with Gasteiger partial charge in [-0.05, 0) is 73.5 Å². The number of rotatable bonds is 7. The van der Waals surface area contributed by atoms with Gasteiger partial charge in [0.1, 0.15) is 5.75 Å². The summed E-state index contributed by atoms with van der Waals surface area (Å²) in [6.07, 6.45) is -4.71. The van der Waals surface area contributed by atoms with Crippen molar-refractivity contribution in [1.82, 2.24) is 0 Å². The fraction of sp³-hybridized carbons (Fsp3) is 0.174. The second-order valence-electron chi connectivity index (χ2n) is 7.42. The van der Waals surface area contributed by atoms with Crippen LogP contribution in [0.3, 0.4) is 0 Å². The molecule has 6 nitrogen and oxygen atoms in total. The van der Waals surface area contributed by atoms with Gasteiger partial charge in [0.05, 0.1) is 21.8 Å². The lowest BCUT2D eigenvalue weighted by atomic mass is 10.1. The highest BCUT2D eigenvalue weighted by molar-refractivity contribution is 7.92. The second kappa shape index (κ2) is 9.94. The van der Waals surface area contributed by atoms with E-state index >= 15 is 0 Å². The lowest BCUT2D eigenvalue weighted by Crippen LogP contribution is -2.22. The predicted octanol–water partition coefficient (Wildman–Crippen LogP) is 5.79. The average Bonchev–Trinajstić information content (AvgIpc) is 2.75. The van der Waals surface area contributed by atoms with Gasteiger partial charge in [0.25, 0.3) is 15.9 Å². The van der Waals surface area contributed by atoms with Crippen molar-refractivity contribution in [2.45, 2.75) is 24.9 Å². The van der Waals surface area contributed by atoms with E-state index in [-0.39, 0.29) is 15.7 Å². The zero-order valence-corrected chi connectivity index (χ0v) is 19.6. The number of benzene rings is 3. The van der Waals surface area contributed by atoms with E-state index in [9.17, 15) is 26.4 Å². The van der Waals surface area contributed by atoms with Crippen molar-refractivity contribution >= 4 is 38.9 Å². The third-order valence-electron chi connectivity index (χ3n) is 4.70. The Labute approximate surface area is 199 Å². The van der Waals surface area contributed by atoms with Crippen LogP contribution in [0.15, 0.2) is 65.6 Å². The van der Waals surface area contributed by atoms with Crippen LogP contribution in [0.1, 0.15) is 16.7 Å². The summed E-state index contributed by atoms with van der Waals surface area (Å²) in [5, 5.41) is 2.02. The van der Waals surface area contributed by atoms with Crippen LogP contribution in [-0.2, 0) is 21.0 Å². The van der Waals surface area contributed by atoms with Crippen molar-refractivity contribution < 1.29 is 31.1 Å². The molecule has 11 heteroatoms. The SMILES string of the molecule is Cc1ccc(C)c(NS(=O)(=O)c2ccc(OCC(=O)Nc3ccc(Cl)cc3C(F)(F)F)cc2)c1. The Morgan fingerprint density at radius 1 is 0.971 bits per heavy atom. The molecular weight excluding hydrogens is 493 g/mol. The fourth-order valence-corrected chi connectivity index (χ4v) is 4.25. The number of hydrogen-bond donors (Lipinski definition) is 2. The molecule has 180 valence electrons. The number of alkyl halides is 3. The summed E-state index contributed by atoms with van der Waals surface area (Å²) < 4.78 is 72.6. The van der Waals surface area contributed by atoms with E-state index in [0.717, 1.165) is 17.2 Å². The summed E-state index contributed by atoms with van der Waals surface area (Å²) in [5.41, 5.74) is 0.571. The Morgan fingerprint density at radius 3 is 2.29 bits per heavy atom. The molecule has 1 amide bonds. The number of anilines is 2. The normalized spacial score (nSPS) is 11.7. The molecule has 0 atom stereocenters. The molecule has 2 N–H and O–H groups in total. The van der Waals surface area contributed by atoms with E-state index in [1.807, 2.05) is 13.0 Å². The van der Waals surface area contributed by atoms with Crippen molar-refractivity contribution in [3.8, 4) is 5.75 Å². The van der Waals surface area contributed by atoms with Crippen LogP contribution in [0.4, 0.5) is 24.5 Å². The molecule has 0 saturated heterocycles. The van der Waals surface area contributed by atoms with Gasteiger partial charge in [-0.25, -0.2) is 8.42 Å². The lowest BCUT2D eigenvalue weighted by molar-refractivity contribution is -0.137. The molecule has 0 aliphatic heterocycles. The monoisotopic (exact) mass is 512 g/mol. The Balaban J connectivity index is 1.64. The van der Waals surface area contributed by atoms with Crippen LogP contribution in [-0.4, -0.2) is 20.9 Å². The largest absolute Gasteiger partial charge is 0.484 e. The Bertz CT molecular complexity index is 1310. The van der Waals surface area contributed by atoms with E-state index < -0.39 is 40.0 Å². The van der Waals surface area contributed by atoms with Crippen molar-refractivity contribution in [3.05, 3.63) is 82.4 Å². The van der Waals surface area contributed by atoms with Crippen LogP contribution in [0.25, 0.3) is 0 Å². The third-order valence-corrected chi connectivity index (χ3v) is 6.32. The van der Waals surface area contributed by atoms with Crippen molar-refractivity contribution in [2.24, 2.45) is 0 Å². The zero-order valence-electron chi connectivity index (χ0n) is 18.0. The minimum Gasteiger partial charge on any atom is -0.484 e. The minimum atomic E-state index is -4.71. The number of amides is 1. The second-order valence-corrected chi connectivity index (χ2v) is 9.54. The van der Waals surface area contributed by atoms with Crippen LogP contribution >= 0.6 is 11.6 Å². The molecule has 3 aromatic carbocycles. The highest BCUT2D eigenvalue weighted by atomic mass is 35.5. The first-order valence-electron chi connectivity index (χ1n) is 9.85. The van der Waals surface area contributed by atoms with Gasteiger partial charge in [0.2, 0.25) is 0 Å². The molecule has 0 spiro atoms. The van der Waals surface area contributed by atoms with Gasteiger partial charge in [-0.15, -0.1) is 0 Å². The van der Waals surface area contributed by atoms with Crippen LogP contribution < -0.4 is 14.8 Å². The molecule has 0 heterocycles. The lowest BCUT2D eigenvalue weighted by Gasteiger charge is -2.14. The summed E-state index contributed by atoms with van der Waals surface area (Å²) in [4.78, 5) is 12.1. The molecule has 0 saturated carbocycles.